The lowest BCUT2D eigenvalue weighted by Crippen LogP contribution is -1.93. The quantitative estimate of drug-likeness (QED) is 0.707. The first-order valence-corrected chi connectivity index (χ1v) is 5.99. The molecule has 0 N–H and O–H groups in total. The van der Waals surface area contributed by atoms with Gasteiger partial charge in [0.15, 0.2) is 5.65 Å². The fourth-order valence-electron chi connectivity index (χ4n) is 2.18. The first kappa shape index (κ1) is 11.8. The van der Waals surface area contributed by atoms with Gasteiger partial charge in [0.05, 0.1) is 5.56 Å². The average molecular weight is 259 g/mol. The minimum atomic E-state index is -0.613. The van der Waals surface area contributed by atoms with E-state index < -0.39 is 11.6 Å². The van der Waals surface area contributed by atoms with Crippen molar-refractivity contribution in [3.8, 4) is 11.3 Å². The van der Waals surface area contributed by atoms with Crippen LogP contribution < -0.4 is 0 Å². The van der Waals surface area contributed by atoms with Crippen molar-refractivity contribution in [1.29, 1.82) is 0 Å². The van der Waals surface area contributed by atoms with Gasteiger partial charge in [-0.1, -0.05) is 13.0 Å². The van der Waals surface area contributed by atoms with Crippen LogP contribution in [-0.2, 0) is 6.42 Å². The molecule has 0 aliphatic heterocycles. The van der Waals surface area contributed by atoms with Crippen molar-refractivity contribution < 1.29 is 8.78 Å². The molecular formula is C14H11F2N3. The summed E-state index contributed by atoms with van der Waals surface area (Å²) in [4.78, 5) is 4.21. The lowest BCUT2D eigenvalue weighted by molar-refractivity contribution is 0.588. The SMILES string of the molecule is CCc1c(-c2c(F)cccc2F)nn2cccnc12. The lowest BCUT2D eigenvalue weighted by Gasteiger charge is -2.03. The van der Waals surface area contributed by atoms with E-state index in [2.05, 4.69) is 10.1 Å². The van der Waals surface area contributed by atoms with E-state index in [0.29, 0.717) is 17.8 Å². The largest absolute Gasteiger partial charge is 0.237 e. The zero-order valence-electron chi connectivity index (χ0n) is 10.3. The van der Waals surface area contributed by atoms with Crippen molar-refractivity contribution in [3.63, 3.8) is 0 Å². The molecule has 2 aromatic heterocycles. The molecule has 3 rings (SSSR count). The maximum Gasteiger partial charge on any atom is 0.158 e. The number of hydrogen-bond acceptors (Lipinski definition) is 2. The highest BCUT2D eigenvalue weighted by Gasteiger charge is 2.20. The van der Waals surface area contributed by atoms with Gasteiger partial charge in [0.1, 0.15) is 17.3 Å². The highest BCUT2D eigenvalue weighted by atomic mass is 19.1. The van der Waals surface area contributed by atoms with Crippen LogP contribution in [0.25, 0.3) is 16.9 Å². The summed E-state index contributed by atoms with van der Waals surface area (Å²) in [5.74, 6) is -1.23. The monoisotopic (exact) mass is 259 g/mol. The first-order valence-electron chi connectivity index (χ1n) is 5.99. The molecular weight excluding hydrogens is 248 g/mol. The third-order valence-corrected chi connectivity index (χ3v) is 3.04. The summed E-state index contributed by atoms with van der Waals surface area (Å²) < 4.78 is 29.3. The number of hydrogen-bond donors (Lipinski definition) is 0. The fourth-order valence-corrected chi connectivity index (χ4v) is 2.18. The minimum Gasteiger partial charge on any atom is -0.237 e. The molecule has 0 unspecified atom stereocenters. The zero-order valence-corrected chi connectivity index (χ0v) is 10.3. The van der Waals surface area contributed by atoms with Crippen molar-refractivity contribution in [2.45, 2.75) is 13.3 Å². The third kappa shape index (κ3) is 1.78. The van der Waals surface area contributed by atoms with Crippen LogP contribution in [0.3, 0.4) is 0 Å². The number of aromatic nitrogens is 3. The van der Waals surface area contributed by atoms with Crippen LogP contribution in [0, 0.1) is 11.6 Å². The second-order valence-electron chi connectivity index (χ2n) is 4.17. The number of benzene rings is 1. The van der Waals surface area contributed by atoms with Crippen LogP contribution in [-0.4, -0.2) is 14.6 Å². The van der Waals surface area contributed by atoms with Crippen molar-refractivity contribution in [3.05, 3.63) is 53.9 Å². The molecule has 0 saturated heterocycles. The zero-order chi connectivity index (χ0) is 13.4. The van der Waals surface area contributed by atoms with Gasteiger partial charge in [-0.05, 0) is 24.6 Å². The summed E-state index contributed by atoms with van der Waals surface area (Å²) in [5, 5.41) is 4.25. The predicted molar refractivity (Wildman–Crippen MR) is 67.7 cm³/mol. The number of halogens is 2. The summed E-state index contributed by atoms with van der Waals surface area (Å²) in [6.45, 7) is 1.91. The molecule has 0 bridgehead atoms. The van der Waals surface area contributed by atoms with Gasteiger partial charge in [0.2, 0.25) is 0 Å². The summed E-state index contributed by atoms with van der Waals surface area (Å²) >= 11 is 0. The molecule has 5 heteroatoms. The summed E-state index contributed by atoms with van der Waals surface area (Å²) in [5.41, 5.74) is 1.59. The molecule has 0 aliphatic rings. The van der Waals surface area contributed by atoms with Crippen LogP contribution in [0.1, 0.15) is 12.5 Å². The van der Waals surface area contributed by atoms with Crippen molar-refractivity contribution in [1.82, 2.24) is 14.6 Å². The summed E-state index contributed by atoms with van der Waals surface area (Å²) in [7, 11) is 0. The molecule has 3 aromatic rings. The second kappa shape index (κ2) is 4.42. The van der Waals surface area contributed by atoms with Gasteiger partial charge in [-0.3, -0.25) is 0 Å². The van der Waals surface area contributed by atoms with Gasteiger partial charge in [-0.25, -0.2) is 18.3 Å². The highest BCUT2D eigenvalue weighted by Crippen LogP contribution is 2.29. The Kier molecular flexibility index (Phi) is 2.74. The molecule has 0 saturated carbocycles. The molecule has 0 fully saturated rings. The van der Waals surface area contributed by atoms with E-state index in [-0.39, 0.29) is 5.56 Å². The first-order chi connectivity index (χ1) is 9.22. The average Bonchev–Trinajstić information content (AvgIpc) is 2.76. The van der Waals surface area contributed by atoms with Crippen LogP contribution in [0.5, 0.6) is 0 Å². The Hall–Kier alpha value is -2.30. The summed E-state index contributed by atoms with van der Waals surface area (Å²) in [6.07, 6.45) is 3.95. The number of rotatable bonds is 2. The van der Waals surface area contributed by atoms with E-state index in [0.717, 1.165) is 5.56 Å². The van der Waals surface area contributed by atoms with Gasteiger partial charge in [0.25, 0.3) is 0 Å². The molecule has 0 aliphatic carbocycles. The smallest absolute Gasteiger partial charge is 0.158 e. The molecule has 96 valence electrons. The van der Waals surface area contributed by atoms with Crippen LogP contribution in [0.15, 0.2) is 36.7 Å². The molecule has 0 spiro atoms. The highest BCUT2D eigenvalue weighted by molar-refractivity contribution is 5.71. The van der Waals surface area contributed by atoms with Crippen molar-refractivity contribution in [2.24, 2.45) is 0 Å². The van der Waals surface area contributed by atoms with Crippen LogP contribution in [0.2, 0.25) is 0 Å². The van der Waals surface area contributed by atoms with Gasteiger partial charge in [-0.2, -0.15) is 5.10 Å². The molecule has 0 atom stereocenters. The Bertz CT molecular complexity index is 729. The number of fused-ring (bicyclic) bond motifs is 1. The van der Waals surface area contributed by atoms with Gasteiger partial charge < -0.3 is 0 Å². The normalized spacial score (nSPS) is 11.1. The Labute approximate surface area is 108 Å². The Balaban J connectivity index is 2.37. The van der Waals surface area contributed by atoms with E-state index in [9.17, 15) is 8.78 Å². The van der Waals surface area contributed by atoms with E-state index >= 15 is 0 Å². The number of aryl methyl sites for hydroxylation is 1. The van der Waals surface area contributed by atoms with Crippen molar-refractivity contribution >= 4 is 5.65 Å². The molecule has 19 heavy (non-hydrogen) atoms. The third-order valence-electron chi connectivity index (χ3n) is 3.04. The lowest BCUT2D eigenvalue weighted by atomic mass is 10.0. The standard InChI is InChI=1S/C14H11F2N3/c1-2-9-13(12-10(15)5-3-6-11(12)16)18-19-8-4-7-17-14(9)19/h3-8H,2H2,1H3. The van der Waals surface area contributed by atoms with E-state index in [1.54, 1.807) is 23.0 Å². The Morgan fingerprint density at radius 2 is 1.89 bits per heavy atom. The molecule has 1 aromatic carbocycles. The Morgan fingerprint density at radius 1 is 1.16 bits per heavy atom. The topological polar surface area (TPSA) is 30.2 Å². The van der Waals surface area contributed by atoms with Crippen LogP contribution in [0.4, 0.5) is 8.78 Å². The second-order valence-corrected chi connectivity index (χ2v) is 4.17. The van der Waals surface area contributed by atoms with E-state index in [4.69, 9.17) is 0 Å². The van der Waals surface area contributed by atoms with Crippen molar-refractivity contribution in [2.75, 3.05) is 0 Å². The minimum absolute atomic E-state index is 0.0927. The molecule has 2 heterocycles. The molecule has 3 nitrogen and oxygen atoms in total. The fraction of sp³-hybridized carbons (Fsp3) is 0.143. The molecule has 0 amide bonds. The maximum atomic E-state index is 13.9. The van der Waals surface area contributed by atoms with E-state index in [1.165, 1.54) is 18.2 Å². The number of nitrogens with zero attached hydrogens (tertiary/aromatic N) is 3. The molecule has 0 radical (unpaired) electrons. The maximum absolute atomic E-state index is 13.9. The van der Waals surface area contributed by atoms with Gasteiger partial charge >= 0.3 is 0 Å². The summed E-state index contributed by atoms with van der Waals surface area (Å²) in [6, 6.07) is 5.53. The van der Waals surface area contributed by atoms with Gasteiger partial charge in [0, 0.05) is 18.0 Å². The van der Waals surface area contributed by atoms with Gasteiger partial charge in [-0.15, -0.1) is 0 Å². The Morgan fingerprint density at radius 3 is 2.58 bits per heavy atom. The van der Waals surface area contributed by atoms with E-state index in [1.807, 2.05) is 6.92 Å². The van der Waals surface area contributed by atoms with Crippen LogP contribution >= 0.6 is 0 Å². The predicted octanol–water partition coefficient (Wildman–Crippen LogP) is 3.24.